The lowest BCUT2D eigenvalue weighted by Gasteiger charge is -2.16. The Labute approximate surface area is 231 Å². The molecule has 3 aliphatic rings. The third-order valence-corrected chi connectivity index (χ3v) is 10.1. The molecule has 5 rings (SSSR count). The number of aromatic nitrogens is 1. The first kappa shape index (κ1) is 27.4. The van der Waals surface area contributed by atoms with Gasteiger partial charge in [0.1, 0.15) is 10.8 Å². The van der Waals surface area contributed by atoms with Crippen LogP contribution in [0.15, 0.2) is 47.6 Å². The molecule has 2 heterocycles. The van der Waals surface area contributed by atoms with Crippen LogP contribution in [-0.2, 0) is 19.4 Å². The molecule has 1 aromatic carbocycles. The molecule has 39 heavy (non-hydrogen) atoms. The highest BCUT2D eigenvalue weighted by molar-refractivity contribution is 7.92. The largest absolute Gasteiger partial charge is 0.352 e. The van der Waals surface area contributed by atoms with Crippen molar-refractivity contribution in [3.63, 3.8) is 0 Å². The number of rotatable bonds is 10. The van der Waals surface area contributed by atoms with Crippen LogP contribution in [0.4, 0.5) is 4.39 Å². The van der Waals surface area contributed by atoms with Crippen LogP contribution in [0.1, 0.15) is 55.4 Å². The van der Waals surface area contributed by atoms with Crippen LogP contribution in [0.2, 0.25) is 0 Å². The summed E-state index contributed by atoms with van der Waals surface area (Å²) in [4.78, 5) is 34.2. The van der Waals surface area contributed by atoms with Gasteiger partial charge >= 0.3 is 0 Å². The number of benzene rings is 1. The van der Waals surface area contributed by atoms with E-state index in [-0.39, 0.29) is 40.7 Å². The van der Waals surface area contributed by atoms with Crippen LogP contribution in [0.25, 0.3) is 15.8 Å². The van der Waals surface area contributed by atoms with Crippen LogP contribution in [-0.4, -0.2) is 49.3 Å². The zero-order valence-electron chi connectivity index (χ0n) is 21.8. The van der Waals surface area contributed by atoms with E-state index in [0.29, 0.717) is 21.8 Å². The SMILES string of the molecule is CC(C)CS(=O)(=O)C(C(=O)NCC(=O)NC1CC1)c1nc2cc(F)c(C3=CN=C(C4CC4)/C=C/C=C3)cc2s1. The fourth-order valence-corrected chi connectivity index (χ4v) is 7.82. The molecule has 1 atom stereocenters. The quantitative estimate of drug-likeness (QED) is 0.443. The third-order valence-electron chi connectivity index (χ3n) is 6.56. The normalized spacial score (nSPS) is 19.2. The van der Waals surface area contributed by atoms with Crippen molar-refractivity contribution < 1.29 is 22.4 Å². The van der Waals surface area contributed by atoms with Gasteiger partial charge in [-0.25, -0.2) is 17.8 Å². The number of amides is 2. The molecule has 1 unspecified atom stereocenters. The van der Waals surface area contributed by atoms with E-state index in [4.69, 9.17) is 0 Å². The number of hydrogen-bond acceptors (Lipinski definition) is 7. The minimum atomic E-state index is -3.98. The zero-order valence-corrected chi connectivity index (χ0v) is 23.4. The Morgan fingerprint density at radius 1 is 1.13 bits per heavy atom. The predicted molar refractivity (Wildman–Crippen MR) is 152 cm³/mol. The Hall–Kier alpha value is -3.18. The lowest BCUT2D eigenvalue weighted by molar-refractivity contribution is -0.126. The van der Waals surface area contributed by atoms with E-state index in [1.807, 2.05) is 18.2 Å². The standard InChI is InChI=1S/C28H31FN4O4S2/c1-16(2)15-39(36,37)26(27(35)31-14-25(34)32-19-9-10-19)28-33-23-12-21(29)20(11-24(23)38-28)18-5-3-4-6-22(30-13-18)17-7-8-17/h3-6,11-13,16-17,19,26H,7-10,14-15H2,1-2H3,(H,31,35)(H,32,34)/b4-3?,5-3?,6-4+,18-5?,18-13?,22-6?,30-13?,30-22?. The number of sulfone groups is 1. The van der Waals surface area contributed by atoms with Crippen LogP contribution in [0, 0.1) is 17.7 Å². The molecule has 2 amide bonds. The van der Waals surface area contributed by atoms with E-state index in [0.717, 1.165) is 42.7 Å². The monoisotopic (exact) mass is 570 g/mol. The van der Waals surface area contributed by atoms with Gasteiger partial charge in [-0.3, -0.25) is 14.6 Å². The molecule has 2 N–H and O–H groups in total. The van der Waals surface area contributed by atoms with Gasteiger partial charge in [0.15, 0.2) is 15.1 Å². The maximum Gasteiger partial charge on any atom is 0.245 e. The van der Waals surface area contributed by atoms with E-state index in [1.165, 1.54) is 6.07 Å². The molecule has 2 aromatic rings. The first-order chi connectivity index (χ1) is 18.6. The summed E-state index contributed by atoms with van der Waals surface area (Å²) in [7, 11) is -3.98. The van der Waals surface area contributed by atoms with Gasteiger partial charge in [-0.05, 0) is 43.7 Å². The second-order valence-corrected chi connectivity index (χ2v) is 13.8. The molecule has 2 fully saturated rings. The molecule has 0 saturated heterocycles. The van der Waals surface area contributed by atoms with Crippen LogP contribution in [0.3, 0.4) is 0 Å². The van der Waals surface area contributed by atoms with E-state index >= 15 is 4.39 Å². The van der Waals surface area contributed by atoms with Crippen LogP contribution < -0.4 is 10.6 Å². The highest BCUT2D eigenvalue weighted by Crippen LogP contribution is 2.36. The molecular formula is C28H31FN4O4S2. The lowest BCUT2D eigenvalue weighted by Crippen LogP contribution is -2.42. The van der Waals surface area contributed by atoms with Gasteiger partial charge < -0.3 is 10.6 Å². The molecule has 8 nitrogen and oxygen atoms in total. The fourth-order valence-electron chi connectivity index (χ4n) is 4.38. The maximum absolute atomic E-state index is 15.3. The van der Waals surface area contributed by atoms with Crippen LogP contribution >= 0.6 is 11.3 Å². The second-order valence-electron chi connectivity index (χ2n) is 10.6. The molecule has 0 radical (unpaired) electrons. The van der Waals surface area contributed by atoms with Crippen molar-refractivity contribution in [2.75, 3.05) is 12.3 Å². The van der Waals surface area contributed by atoms with Gasteiger partial charge in [0, 0.05) is 41.1 Å². The smallest absolute Gasteiger partial charge is 0.245 e. The summed E-state index contributed by atoms with van der Waals surface area (Å²) in [5, 5.41) is 3.67. The Balaban J connectivity index is 1.46. The first-order valence-corrected chi connectivity index (χ1v) is 15.7. The number of aliphatic imine (C=N–C) groups is 1. The molecule has 2 aliphatic carbocycles. The highest BCUT2D eigenvalue weighted by Gasteiger charge is 2.38. The molecule has 1 aromatic heterocycles. The molecule has 11 heteroatoms. The van der Waals surface area contributed by atoms with Gasteiger partial charge in [-0.2, -0.15) is 0 Å². The molecule has 0 spiro atoms. The number of nitrogens with zero attached hydrogens (tertiary/aromatic N) is 2. The van der Waals surface area contributed by atoms with Crippen molar-refractivity contribution in [1.82, 2.24) is 15.6 Å². The molecule has 0 bridgehead atoms. The van der Waals surface area contributed by atoms with Crippen LogP contribution in [0.5, 0.6) is 0 Å². The number of thiazole rings is 1. The van der Waals surface area contributed by atoms with E-state index < -0.39 is 26.8 Å². The van der Waals surface area contributed by atoms with Crippen molar-refractivity contribution in [1.29, 1.82) is 0 Å². The minimum Gasteiger partial charge on any atom is -0.352 e. The van der Waals surface area contributed by atoms with Crippen molar-refractivity contribution in [3.05, 3.63) is 59.0 Å². The minimum absolute atomic E-state index is 0.0430. The molecule has 206 valence electrons. The summed E-state index contributed by atoms with van der Waals surface area (Å²) in [6, 6.07) is 2.99. The van der Waals surface area contributed by atoms with Crippen molar-refractivity contribution in [2.45, 2.75) is 50.8 Å². The number of allylic oxidation sites excluding steroid dienone is 5. The van der Waals surface area contributed by atoms with Crippen molar-refractivity contribution in [3.8, 4) is 0 Å². The molecule has 2 saturated carbocycles. The summed E-state index contributed by atoms with van der Waals surface area (Å²) >= 11 is 1.03. The summed E-state index contributed by atoms with van der Waals surface area (Å²) in [6.45, 7) is 3.17. The third kappa shape index (κ3) is 6.70. The van der Waals surface area contributed by atoms with Gasteiger partial charge in [-0.15, -0.1) is 11.3 Å². The highest BCUT2D eigenvalue weighted by atomic mass is 32.2. The molecule has 1 aliphatic heterocycles. The van der Waals surface area contributed by atoms with E-state index in [9.17, 15) is 18.0 Å². The van der Waals surface area contributed by atoms with Crippen molar-refractivity contribution in [2.24, 2.45) is 16.8 Å². The summed E-state index contributed by atoms with van der Waals surface area (Å²) in [5.41, 5.74) is 2.12. The van der Waals surface area contributed by atoms with E-state index in [1.54, 1.807) is 32.2 Å². The number of nitrogens with one attached hydrogen (secondary N) is 2. The Kier molecular flexibility index (Phi) is 7.82. The number of carbonyl (C=O) groups excluding carboxylic acids is 2. The zero-order chi connectivity index (χ0) is 27.7. The number of hydrogen-bond donors (Lipinski definition) is 2. The van der Waals surface area contributed by atoms with Crippen molar-refractivity contribution >= 4 is 54.5 Å². The lowest BCUT2D eigenvalue weighted by atomic mass is 10.0. The average Bonchev–Trinajstić information content (AvgIpc) is 3.76. The topological polar surface area (TPSA) is 118 Å². The van der Waals surface area contributed by atoms with E-state index in [2.05, 4.69) is 20.6 Å². The average molecular weight is 571 g/mol. The number of halogens is 1. The van der Waals surface area contributed by atoms with Gasteiger partial charge in [0.2, 0.25) is 11.8 Å². The van der Waals surface area contributed by atoms with Gasteiger partial charge in [0.05, 0.1) is 22.5 Å². The summed E-state index contributed by atoms with van der Waals surface area (Å²) in [6.07, 6.45) is 13.1. The predicted octanol–water partition coefficient (Wildman–Crippen LogP) is 4.26. The number of fused-ring (bicyclic) bond motifs is 1. The second kappa shape index (κ2) is 11.1. The Morgan fingerprint density at radius 3 is 2.56 bits per heavy atom. The maximum atomic E-state index is 15.3. The first-order valence-electron chi connectivity index (χ1n) is 13.1. The van der Waals surface area contributed by atoms with Gasteiger partial charge in [-0.1, -0.05) is 32.1 Å². The van der Waals surface area contributed by atoms with Gasteiger partial charge in [0.25, 0.3) is 0 Å². The fraction of sp³-hybridized carbons (Fsp3) is 0.429. The Bertz CT molecular complexity index is 1530. The summed E-state index contributed by atoms with van der Waals surface area (Å²) < 4.78 is 42.5. The number of carbonyl (C=O) groups is 2. The Morgan fingerprint density at radius 2 is 1.87 bits per heavy atom. The summed E-state index contributed by atoms with van der Waals surface area (Å²) in [5.74, 6) is -1.73. The molecular weight excluding hydrogens is 539 g/mol.